The summed E-state index contributed by atoms with van der Waals surface area (Å²) in [4.78, 5) is 8.72. The maximum Gasteiger partial charge on any atom is 0.146 e. The Morgan fingerprint density at radius 1 is 0.818 bits per heavy atom. The fourth-order valence-electron chi connectivity index (χ4n) is 3.78. The second-order valence-corrected chi connectivity index (χ2v) is 7.54. The number of aromatic nitrogens is 3. The van der Waals surface area contributed by atoms with Gasteiger partial charge >= 0.3 is 0 Å². The summed E-state index contributed by atoms with van der Waals surface area (Å²) in [5.74, 6) is -1.16. The van der Waals surface area contributed by atoms with Crippen LogP contribution >= 0.6 is 0 Å². The van der Waals surface area contributed by atoms with E-state index < -0.39 is 11.6 Å². The van der Waals surface area contributed by atoms with E-state index in [1.165, 1.54) is 30.6 Å². The molecule has 0 radical (unpaired) electrons. The predicted molar refractivity (Wildman–Crippen MR) is 120 cm³/mol. The largest absolute Gasteiger partial charge is 0.508 e. The molecule has 33 heavy (non-hydrogen) atoms. The van der Waals surface area contributed by atoms with Gasteiger partial charge in [0.05, 0.1) is 11.1 Å². The highest BCUT2D eigenvalue weighted by Crippen LogP contribution is 2.33. The lowest BCUT2D eigenvalue weighted by atomic mass is 10.1. The van der Waals surface area contributed by atoms with E-state index in [1.54, 1.807) is 36.4 Å². The van der Waals surface area contributed by atoms with E-state index in [4.69, 9.17) is 0 Å². The predicted octanol–water partition coefficient (Wildman–Crippen LogP) is 6.01. The highest BCUT2D eigenvalue weighted by atomic mass is 19.1. The van der Waals surface area contributed by atoms with Crippen LogP contribution in [0.15, 0.2) is 79.1 Å². The Bertz CT molecular complexity index is 1440. The van der Waals surface area contributed by atoms with Crippen molar-refractivity contribution in [2.24, 2.45) is 0 Å². The maximum absolute atomic E-state index is 13.8. The van der Waals surface area contributed by atoms with E-state index in [0.717, 1.165) is 11.6 Å². The first kappa shape index (κ1) is 20.6. The third-order valence-electron chi connectivity index (χ3n) is 5.20. The molecule has 2 aromatic heterocycles. The summed E-state index contributed by atoms with van der Waals surface area (Å²) in [6.07, 6.45) is 1.37. The van der Waals surface area contributed by atoms with Crippen LogP contribution in [0.1, 0.15) is 5.56 Å². The van der Waals surface area contributed by atoms with Gasteiger partial charge in [-0.3, -0.25) is 0 Å². The van der Waals surface area contributed by atoms with Crippen LogP contribution < -0.4 is 5.32 Å². The SMILES string of the molecule is Oc1ccc(-c2cc3c(Nc4cccc(F)c4)ncnc3n2Cc2cc(F)cc(F)c2)cc1. The molecule has 0 saturated heterocycles. The number of halogens is 3. The zero-order chi connectivity index (χ0) is 22.9. The van der Waals surface area contributed by atoms with Crippen LogP contribution in [0.2, 0.25) is 0 Å². The molecule has 0 fully saturated rings. The van der Waals surface area contributed by atoms with Crippen molar-refractivity contribution in [2.45, 2.75) is 6.54 Å². The van der Waals surface area contributed by atoms with Gasteiger partial charge in [-0.15, -0.1) is 0 Å². The Kier molecular flexibility index (Phi) is 5.18. The van der Waals surface area contributed by atoms with E-state index in [2.05, 4.69) is 15.3 Å². The molecule has 0 saturated carbocycles. The summed E-state index contributed by atoms with van der Waals surface area (Å²) in [7, 11) is 0. The summed E-state index contributed by atoms with van der Waals surface area (Å²) in [5, 5.41) is 13.4. The first-order valence-corrected chi connectivity index (χ1v) is 10.1. The minimum atomic E-state index is -0.671. The van der Waals surface area contributed by atoms with Crippen LogP contribution in [-0.2, 0) is 6.54 Å². The first-order chi connectivity index (χ1) is 16.0. The maximum atomic E-state index is 13.8. The van der Waals surface area contributed by atoms with Gasteiger partial charge in [0.2, 0.25) is 0 Å². The molecule has 2 heterocycles. The first-order valence-electron chi connectivity index (χ1n) is 10.1. The van der Waals surface area contributed by atoms with E-state index in [0.29, 0.717) is 33.8 Å². The third kappa shape index (κ3) is 4.23. The third-order valence-corrected chi connectivity index (χ3v) is 5.20. The summed E-state index contributed by atoms with van der Waals surface area (Å²) < 4.78 is 43.1. The van der Waals surface area contributed by atoms with E-state index in [9.17, 15) is 18.3 Å². The molecule has 0 atom stereocenters. The van der Waals surface area contributed by atoms with Crippen molar-refractivity contribution in [3.05, 3.63) is 102 Å². The summed E-state index contributed by atoms with van der Waals surface area (Å²) in [6.45, 7) is 0.144. The van der Waals surface area contributed by atoms with Gasteiger partial charge in [-0.2, -0.15) is 0 Å². The number of fused-ring (bicyclic) bond motifs is 1. The van der Waals surface area contributed by atoms with Crippen molar-refractivity contribution in [3.63, 3.8) is 0 Å². The number of nitrogens with one attached hydrogen (secondary N) is 1. The topological polar surface area (TPSA) is 63.0 Å². The Morgan fingerprint density at radius 2 is 1.58 bits per heavy atom. The van der Waals surface area contributed by atoms with Crippen LogP contribution in [0.25, 0.3) is 22.3 Å². The van der Waals surface area contributed by atoms with Gasteiger partial charge in [-0.05, 0) is 71.8 Å². The highest BCUT2D eigenvalue weighted by molar-refractivity contribution is 5.93. The van der Waals surface area contributed by atoms with Gasteiger partial charge in [0.15, 0.2) is 0 Å². The molecule has 0 aliphatic carbocycles. The van der Waals surface area contributed by atoms with Crippen molar-refractivity contribution in [2.75, 3.05) is 5.32 Å². The molecule has 0 aliphatic rings. The second-order valence-electron chi connectivity index (χ2n) is 7.54. The monoisotopic (exact) mass is 446 g/mol. The number of hydrogen-bond acceptors (Lipinski definition) is 4. The van der Waals surface area contributed by atoms with E-state index in [-0.39, 0.29) is 18.1 Å². The van der Waals surface area contributed by atoms with Gasteiger partial charge in [0, 0.05) is 18.3 Å². The minimum Gasteiger partial charge on any atom is -0.508 e. The molecule has 0 unspecified atom stereocenters. The number of aromatic hydroxyl groups is 1. The Hall–Kier alpha value is -4.33. The van der Waals surface area contributed by atoms with Crippen LogP contribution in [0, 0.1) is 17.5 Å². The minimum absolute atomic E-state index is 0.113. The quantitative estimate of drug-likeness (QED) is 0.347. The average molecular weight is 446 g/mol. The van der Waals surface area contributed by atoms with Crippen molar-refractivity contribution >= 4 is 22.5 Å². The smallest absolute Gasteiger partial charge is 0.146 e. The van der Waals surface area contributed by atoms with Gasteiger partial charge in [-0.25, -0.2) is 23.1 Å². The Labute approximate surface area is 186 Å². The number of rotatable bonds is 5. The van der Waals surface area contributed by atoms with Crippen molar-refractivity contribution in [1.82, 2.24) is 14.5 Å². The molecule has 164 valence electrons. The lowest BCUT2D eigenvalue weighted by Crippen LogP contribution is -2.04. The number of nitrogens with zero attached hydrogens (tertiary/aromatic N) is 3. The van der Waals surface area contributed by atoms with Crippen molar-refractivity contribution in [1.29, 1.82) is 0 Å². The molecule has 0 aliphatic heterocycles. The molecule has 5 nitrogen and oxygen atoms in total. The Morgan fingerprint density at radius 3 is 2.30 bits per heavy atom. The number of phenolic OH excluding ortho intramolecular Hbond substituents is 1. The lowest BCUT2D eigenvalue weighted by Gasteiger charge is -2.12. The fraction of sp³-hybridized carbons (Fsp3) is 0.0400. The molecule has 2 N–H and O–H groups in total. The molecule has 0 amide bonds. The molecule has 0 spiro atoms. The Balaban J connectivity index is 1.67. The lowest BCUT2D eigenvalue weighted by molar-refractivity contribution is 0.475. The molecule has 5 rings (SSSR count). The van der Waals surface area contributed by atoms with Crippen LogP contribution in [0.5, 0.6) is 5.75 Å². The van der Waals surface area contributed by atoms with Gasteiger partial charge in [0.25, 0.3) is 0 Å². The standard InChI is InChI=1S/C25H17F3N4O/c26-17-2-1-3-20(11-17)31-24-22-12-23(16-4-6-21(33)7-5-16)32(25(22)30-14-29-24)13-15-8-18(27)10-19(28)9-15/h1-12,14,33H,13H2,(H,29,30,31). The summed E-state index contributed by atoms with van der Waals surface area (Å²) >= 11 is 0. The number of phenols is 1. The van der Waals surface area contributed by atoms with Gasteiger partial charge in [-0.1, -0.05) is 6.07 Å². The van der Waals surface area contributed by atoms with Crippen LogP contribution in [-0.4, -0.2) is 19.6 Å². The van der Waals surface area contributed by atoms with Gasteiger partial charge in [0.1, 0.15) is 41.0 Å². The van der Waals surface area contributed by atoms with Gasteiger partial charge < -0.3 is 15.0 Å². The van der Waals surface area contributed by atoms with E-state index >= 15 is 0 Å². The molecule has 8 heteroatoms. The molecule has 3 aromatic carbocycles. The fourth-order valence-corrected chi connectivity index (χ4v) is 3.78. The molecule has 0 bridgehead atoms. The number of hydrogen-bond donors (Lipinski definition) is 2. The second kappa shape index (κ2) is 8.31. The van der Waals surface area contributed by atoms with Crippen LogP contribution in [0.3, 0.4) is 0 Å². The zero-order valence-corrected chi connectivity index (χ0v) is 17.1. The number of benzene rings is 3. The van der Waals surface area contributed by atoms with Crippen molar-refractivity contribution in [3.8, 4) is 17.0 Å². The molecular weight excluding hydrogens is 429 g/mol. The highest BCUT2D eigenvalue weighted by Gasteiger charge is 2.17. The van der Waals surface area contributed by atoms with E-state index in [1.807, 2.05) is 10.6 Å². The van der Waals surface area contributed by atoms with Crippen molar-refractivity contribution < 1.29 is 18.3 Å². The average Bonchev–Trinajstić information content (AvgIpc) is 3.13. The summed E-state index contributed by atoms with van der Waals surface area (Å²) in [6, 6.07) is 17.8. The number of anilines is 2. The van der Waals surface area contributed by atoms with Crippen LogP contribution in [0.4, 0.5) is 24.7 Å². The summed E-state index contributed by atoms with van der Waals surface area (Å²) in [5.41, 5.74) is 2.93. The molecular formula is C25H17F3N4O. The zero-order valence-electron chi connectivity index (χ0n) is 17.1. The molecule has 5 aromatic rings. The normalized spacial score (nSPS) is 11.1.